The van der Waals surface area contributed by atoms with Gasteiger partial charge in [0.25, 0.3) is 0 Å². The summed E-state index contributed by atoms with van der Waals surface area (Å²) in [5, 5.41) is 20.5. The second-order valence-electron chi connectivity index (χ2n) is 4.02. The van der Waals surface area contributed by atoms with Gasteiger partial charge in [-0.3, -0.25) is 10.1 Å². The van der Waals surface area contributed by atoms with Gasteiger partial charge in [0.05, 0.1) is 12.0 Å². The lowest BCUT2D eigenvalue weighted by molar-refractivity contribution is -0.385. The molecule has 6 nitrogen and oxygen atoms in total. The van der Waals surface area contributed by atoms with Crippen LogP contribution in [0.2, 0.25) is 0 Å². The topological polar surface area (TPSA) is 81.8 Å². The van der Waals surface area contributed by atoms with Crippen LogP contribution in [0.4, 0.5) is 5.69 Å². The molecule has 6 heteroatoms. The molecule has 0 bridgehead atoms. The number of benzene rings is 2. The second kappa shape index (κ2) is 5.92. The number of para-hydroxylation sites is 2. The number of phenols is 1. The third-order valence-corrected chi connectivity index (χ3v) is 2.70. The van der Waals surface area contributed by atoms with Crippen LogP contribution in [0.25, 0.3) is 0 Å². The number of phenolic OH excluding ortho intramolecular Hbond substituents is 1. The Morgan fingerprint density at radius 1 is 1.20 bits per heavy atom. The third kappa shape index (κ3) is 2.97. The van der Waals surface area contributed by atoms with Gasteiger partial charge in [-0.25, -0.2) is 0 Å². The number of aromatic hydroxyl groups is 1. The Bertz CT molecular complexity index is 627. The van der Waals surface area contributed by atoms with Crippen molar-refractivity contribution in [3.63, 3.8) is 0 Å². The number of hydrogen-bond acceptors (Lipinski definition) is 5. The first kappa shape index (κ1) is 13.7. The molecule has 20 heavy (non-hydrogen) atoms. The van der Waals surface area contributed by atoms with E-state index in [-0.39, 0.29) is 23.8 Å². The SMILES string of the molecule is COc1ccc(COc2ccccc2O)cc1[N+](=O)[O-]. The summed E-state index contributed by atoms with van der Waals surface area (Å²) in [5.74, 6) is 0.544. The van der Waals surface area contributed by atoms with Crippen LogP contribution in [0.3, 0.4) is 0 Å². The highest BCUT2D eigenvalue weighted by atomic mass is 16.6. The average molecular weight is 275 g/mol. The van der Waals surface area contributed by atoms with Gasteiger partial charge in [-0.05, 0) is 23.8 Å². The van der Waals surface area contributed by atoms with Crippen LogP contribution >= 0.6 is 0 Å². The van der Waals surface area contributed by atoms with Crippen molar-refractivity contribution in [1.82, 2.24) is 0 Å². The van der Waals surface area contributed by atoms with Gasteiger partial charge in [0.1, 0.15) is 6.61 Å². The molecule has 0 aromatic heterocycles. The number of nitro groups is 1. The van der Waals surface area contributed by atoms with Gasteiger partial charge in [-0.2, -0.15) is 0 Å². The molecule has 104 valence electrons. The lowest BCUT2D eigenvalue weighted by atomic mass is 10.2. The minimum absolute atomic E-state index is 0.0236. The van der Waals surface area contributed by atoms with Crippen molar-refractivity contribution in [3.05, 3.63) is 58.1 Å². The van der Waals surface area contributed by atoms with Crippen LogP contribution in [-0.4, -0.2) is 17.1 Å². The van der Waals surface area contributed by atoms with Crippen molar-refractivity contribution >= 4 is 5.69 Å². The van der Waals surface area contributed by atoms with Crippen molar-refractivity contribution in [2.75, 3.05) is 7.11 Å². The minimum atomic E-state index is -0.512. The monoisotopic (exact) mass is 275 g/mol. The fourth-order valence-corrected chi connectivity index (χ4v) is 1.71. The number of nitrogens with zero attached hydrogens (tertiary/aromatic N) is 1. The lowest BCUT2D eigenvalue weighted by Gasteiger charge is -2.08. The van der Waals surface area contributed by atoms with Crippen molar-refractivity contribution in [2.45, 2.75) is 6.61 Å². The lowest BCUT2D eigenvalue weighted by Crippen LogP contribution is -1.99. The zero-order valence-electron chi connectivity index (χ0n) is 10.8. The zero-order valence-corrected chi connectivity index (χ0v) is 10.8. The number of rotatable bonds is 5. The quantitative estimate of drug-likeness (QED) is 0.670. The average Bonchev–Trinajstić information content (AvgIpc) is 2.46. The maximum absolute atomic E-state index is 10.9. The van der Waals surface area contributed by atoms with E-state index in [1.807, 2.05) is 0 Å². The highest BCUT2D eigenvalue weighted by Gasteiger charge is 2.15. The summed E-state index contributed by atoms with van der Waals surface area (Å²) in [6.07, 6.45) is 0. The van der Waals surface area contributed by atoms with Crippen LogP contribution < -0.4 is 9.47 Å². The molecule has 0 heterocycles. The van der Waals surface area contributed by atoms with Crippen LogP contribution in [0.15, 0.2) is 42.5 Å². The van der Waals surface area contributed by atoms with Crippen molar-refractivity contribution < 1.29 is 19.5 Å². The Morgan fingerprint density at radius 3 is 2.60 bits per heavy atom. The number of nitro benzene ring substituents is 1. The van der Waals surface area contributed by atoms with E-state index < -0.39 is 4.92 Å². The normalized spacial score (nSPS) is 10.1. The molecule has 0 aliphatic heterocycles. The van der Waals surface area contributed by atoms with E-state index in [0.717, 1.165) is 0 Å². The molecule has 2 rings (SSSR count). The third-order valence-electron chi connectivity index (χ3n) is 2.70. The van der Waals surface area contributed by atoms with Gasteiger partial charge >= 0.3 is 5.69 Å². The van der Waals surface area contributed by atoms with Gasteiger partial charge in [-0.1, -0.05) is 18.2 Å². The Hall–Kier alpha value is -2.76. The largest absolute Gasteiger partial charge is 0.504 e. The first-order valence-corrected chi connectivity index (χ1v) is 5.84. The van der Waals surface area contributed by atoms with Crippen molar-refractivity contribution in [1.29, 1.82) is 0 Å². The van der Waals surface area contributed by atoms with E-state index in [1.165, 1.54) is 25.3 Å². The maximum Gasteiger partial charge on any atom is 0.311 e. The predicted octanol–water partition coefficient (Wildman–Crippen LogP) is 2.89. The van der Waals surface area contributed by atoms with Crippen LogP contribution in [0.5, 0.6) is 17.2 Å². The van der Waals surface area contributed by atoms with E-state index in [2.05, 4.69) is 0 Å². The molecule has 2 aromatic carbocycles. The van der Waals surface area contributed by atoms with E-state index in [0.29, 0.717) is 11.3 Å². The summed E-state index contributed by atoms with van der Waals surface area (Å²) in [5.41, 5.74) is 0.492. The van der Waals surface area contributed by atoms with Gasteiger partial charge in [0.2, 0.25) is 0 Å². The molecule has 0 aliphatic rings. The Morgan fingerprint density at radius 2 is 1.95 bits per heavy atom. The summed E-state index contributed by atoms with van der Waals surface area (Å²) >= 11 is 0. The summed E-state index contributed by atoms with van der Waals surface area (Å²) in [6.45, 7) is 0.113. The fraction of sp³-hybridized carbons (Fsp3) is 0.143. The van der Waals surface area contributed by atoms with E-state index in [4.69, 9.17) is 9.47 Å². The van der Waals surface area contributed by atoms with Crippen LogP contribution in [0, 0.1) is 10.1 Å². The molecule has 0 fully saturated rings. The summed E-state index contributed by atoms with van der Waals surface area (Å²) in [7, 11) is 1.38. The van der Waals surface area contributed by atoms with Crippen molar-refractivity contribution in [2.24, 2.45) is 0 Å². The Kier molecular flexibility index (Phi) is 4.05. The summed E-state index contributed by atoms with van der Waals surface area (Å²) < 4.78 is 10.3. The Labute approximate surface area is 115 Å². The fourth-order valence-electron chi connectivity index (χ4n) is 1.71. The molecular formula is C14H13NO5. The number of hydrogen-bond donors (Lipinski definition) is 1. The molecule has 0 unspecified atom stereocenters. The maximum atomic E-state index is 10.9. The molecule has 0 aliphatic carbocycles. The van der Waals surface area contributed by atoms with Gasteiger partial charge in [-0.15, -0.1) is 0 Å². The van der Waals surface area contributed by atoms with E-state index in [1.54, 1.807) is 24.3 Å². The Balaban J connectivity index is 2.16. The number of methoxy groups -OCH3 is 1. The molecule has 0 spiro atoms. The standard InChI is InChI=1S/C14H13NO5/c1-19-13-7-6-10(8-11(13)15(17)18)9-20-14-5-3-2-4-12(14)16/h2-8,16H,9H2,1H3. The molecule has 2 aromatic rings. The zero-order chi connectivity index (χ0) is 14.5. The van der Waals surface area contributed by atoms with Crippen LogP contribution in [0.1, 0.15) is 5.56 Å². The molecular weight excluding hydrogens is 262 g/mol. The van der Waals surface area contributed by atoms with Crippen molar-refractivity contribution in [3.8, 4) is 17.2 Å². The first-order chi connectivity index (χ1) is 9.61. The smallest absolute Gasteiger partial charge is 0.311 e. The van der Waals surface area contributed by atoms with E-state index in [9.17, 15) is 15.2 Å². The molecule has 0 atom stereocenters. The second-order valence-corrected chi connectivity index (χ2v) is 4.02. The molecule has 0 saturated carbocycles. The highest BCUT2D eigenvalue weighted by Crippen LogP contribution is 2.29. The molecule has 0 saturated heterocycles. The molecule has 0 amide bonds. The highest BCUT2D eigenvalue weighted by molar-refractivity contribution is 5.48. The summed E-state index contributed by atoms with van der Waals surface area (Å²) in [6, 6.07) is 11.1. The molecule has 1 N–H and O–H groups in total. The summed E-state index contributed by atoms with van der Waals surface area (Å²) in [4.78, 5) is 10.4. The predicted molar refractivity (Wildman–Crippen MR) is 72.1 cm³/mol. The van der Waals surface area contributed by atoms with Gasteiger partial charge in [0.15, 0.2) is 17.2 Å². The van der Waals surface area contributed by atoms with Crippen LogP contribution in [-0.2, 0) is 6.61 Å². The first-order valence-electron chi connectivity index (χ1n) is 5.84. The number of ether oxygens (including phenoxy) is 2. The van der Waals surface area contributed by atoms with Gasteiger partial charge < -0.3 is 14.6 Å². The minimum Gasteiger partial charge on any atom is -0.504 e. The molecule has 0 radical (unpaired) electrons. The van der Waals surface area contributed by atoms with E-state index >= 15 is 0 Å². The van der Waals surface area contributed by atoms with Gasteiger partial charge in [0, 0.05) is 6.07 Å².